The Labute approximate surface area is 126 Å². The van der Waals surface area contributed by atoms with Gasteiger partial charge in [0.2, 0.25) is 0 Å². The summed E-state index contributed by atoms with van der Waals surface area (Å²) in [5, 5.41) is 7.91. The summed E-state index contributed by atoms with van der Waals surface area (Å²) in [5.41, 5.74) is 1.36. The molecule has 0 bridgehead atoms. The van der Waals surface area contributed by atoms with Gasteiger partial charge in [-0.1, -0.05) is 37.3 Å². The SMILES string of the molecule is CCCn1ncnc1CN1CCNC(c2ccccc2)C1. The first-order valence-corrected chi connectivity index (χ1v) is 7.74. The molecule has 1 N–H and O–H groups in total. The van der Waals surface area contributed by atoms with Gasteiger partial charge >= 0.3 is 0 Å². The molecule has 2 aromatic rings. The fourth-order valence-electron chi connectivity index (χ4n) is 2.87. The molecule has 1 aliphatic heterocycles. The normalized spacial score (nSPS) is 19.8. The molecule has 1 fully saturated rings. The van der Waals surface area contributed by atoms with E-state index in [1.54, 1.807) is 6.33 Å². The molecule has 0 spiro atoms. The van der Waals surface area contributed by atoms with E-state index in [0.717, 1.165) is 45.0 Å². The van der Waals surface area contributed by atoms with Crippen LogP contribution >= 0.6 is 0 Å². The molecule has 0 saturated carbocycles. The van der Waals surface area contributed by atoms with Crippen LogP contribution in [0.5, 0.6) is 0 Å². The van der Waals surface area contributed by atoms with Gasteiger partial charge in [0, 0.05) is 32.2 Å². The first-order chi connectivity index (χ1) is 10.4. The molecule has 112 valence electrons. The van der Waals surface area contributed by atoms with E-state index in [4.69, 9.17) is 0 Å². The minimum Gasteiger partial charge on any atom is -0.308 e. The second-order valence-corrected chi connectivity index (χ2v) is 5.55. The van der Waals surface area contributed by atoms with Gasteiger partial charge in [0.25, 0.3) is 0 Å². The highest BCUT2D eigenvalue weighted by Gasteiger charge is 2.21. The van der Waals surface area contributed by atoms with E-state index in [9.17, 15) is 0 Å². The first kappa shape index (κ1) is 14.2. The Hall–Kier alpha value is -1.72. The molecular formula is C16H23N5. The molecule has 5 nitrogen and oxygen atoms in total. The second kappa shape index (κ2) is 6.83. The fraction of sp³-hybridized carbons (Fsp3) is 0.500. The van der Waals surface area contributed by atoms with Crippen molar-refractivity contribution in [3.8, 4) is 0 Å². The summed E-state index contributed by atoms with van der Waals surface area (Å²) in [6.45, 7) is 7.09. The number of piperazine rings is 1. The van der Waals surface area contributed by atoms with Gasteiger partial charge in [-0.3, -0.25) is 4.90 Å². The van der Waals surface area contributed by atoms with Crippen molar-refractivity contribution in [2.24, 2.45) is 0 Å². The Morgan fingerprint density at radius 2 is 2.14 bits per heavy atom. The van der Waals surface area contributed by atoms with Crippen LogP contribution in [-0.2, 0) is 13.1 Å². The zero-order valence-corrected chi connectivity index (χ0v) is 12.6. The maximum atomic E-state index is 4.42. The molecule has 1 atom stereocenters. The molecule has 0 radical (unpaired) electrons. The molecule has 3 rings (SSSR count). The minimum absolute atomic E-state index is 0.405. The number of hydrogen-bond donors (Lipinski definition) is 1. The largest absolute Gasteiger partial charge is 0.308 e. The maximum Gasteiger partial charge on any atom is 0.141 e. The summed E-state index contributed by atoms with van der Waals surface area (Å²) < 4.78 is 2.03. The van der Waals surface area contributed by atoms with Gasteiger partial charge in [0.1, 0.15) is 12.2 Å². The molecule has 2 heterocycles. The number of nitrogens with one attached hydrogen (secondary N) is 1. The van der Waals surface area contributed by atoms with Gasteiger partial charge in [0.05, 0.1) is 6.54 Å². The van der Waals surface area contributed by atoms with Crippen molar-refractivity contribution in [1.29, 1.82) is 0 Å². The summed E-state index contributed by atoms with van der Waals surface area (Å²) >= 11 is 0. The van der Waals surface area contributed by atoms with E-state index in [0.29, 0.717) is 6.04 Å². The lowest BCUT2D eigenvalue weighted by molar-refractivity contribution is 0.186. The number of benzene rings is 1. The smallest absolute Gasteiger partial charge is 0.141 e. The molecule has 1 aliphatic rings. The van der Waals surface area contributed by atoms with Crippen molar-refractivity contribution >= 4 is 0 Å². The zero-order chi connectivity index (χ0) is 14.5. The standard InChI is InChI=1S/C16H23N5/c1-2-9-21-16(18-13-19-21)12-20-10-8-17-15(11-20)14-6-4-3-5-7-14/h3-7,13,15,17H,2,8-12H2,1H3. The fourth-order valence-corrected chi connectivity index (χ4v) is 2.87. The molecule has 1 aromatic carbocycles. The van der Waals surface area contributed by atoms with Crippen LogP contribution in [0.4, 0.5) is 0 Å². The van der Waals surface area contributed by atoms with Gasteiger partial charge in [-0.15, -0.1) is 0 Å². The van der Waals surface area contributed by atoms with E-state index < -0.39 is 0 Å². The predicted molar refractivity (Wildman–Crippen MR) is 82.8 cm³/mol. The second-order valence-electron chi connectivity index (χ2n) is 5.55. The lowest BCUT2D eigenvalue weighted by Crippen LogP contribution is -2.45. The van der Waals surface area contributed by atoms with Crippen molar-refractivity contribution in [2.45, 2.75) is 32.5 Å². The van der Waals surface area contributed by atoms with Crippen molar-refractivity contribution in [1.82, 2.24) is 25.0 Å². The summed E-state index contributed by atoms with van der Waals surface area (Å²) in [7, 11) is 0. The van der Waals surface area contributed by atoms with E-state index in [1.807, 2.05) is 4.68 Å². The van der Waals surface area contributed by atoms with Crippen LogP contribution in [0, 0.1) is 0 Å². The van der Waals surface area contributed by atoms with Crippen molar-refractivity contribution in [3.63, 3.8) is 0 Å². The van der Waals surface area contributed by atoms with Crippen molar-refractivity contribution in [3.05, 3.63) is 48.0 Å². The van der Waals surface area contributed by atoms with Gasteiger partial charge in [0.15, 0.2) is 0 Å². The predicted octanol–water partition coefficient (Wildman–Crippen LogP) is 1.83. The summed E-state index contributed by atoms with van der Waals surface area (Å²) in [4.78, 5) is 6.88. The number of aryl methyl sites for hydroxylation is 1. The minimum atomic E-state index is 0.405. The monoisotopic (exact) mass is 285 g/mol. The van der Waals surface area contributed by atoms with E-state index in [1.165, 1.54) is 5.56 Å². The summed E-state index contributed by atoms with van der Waals surface area (Å²) in [6, 6.07) is 11.1. The molecular weight excluding hydrogens is 262 g/mol. The Kier molecular flexibility index (Phi) is 4.62. The number of aromatic nitrogens is 3. The third kappa shape index (κ3) is 3.49. The van der Waals surface area contributed by atoms with Gasteiger partial charge in [-0.05, 0) is 12.0 Å². The van der Waals surface area contributed by atoms with Crippen LogP contribution < -0.4 is 5.32 Å². The Balaban J connectivity index is 1.65. The highest BCUT2D eigenvalue weighted by molar-refractivity contribution is 5.19. The van der Waals surface area contributed by atoms with Crippen LogP contribution in [0.3, 0.4) is 0 Å². The maximum absolute atomic E-state index is 4.42. The van der Waals surface area contributed by atoms with Crippen LogP contribution in [-0.4, -0.2) is 39.3 Å². The third-order valence-electron chi connectivity index (χ3n) is 3.96. The highest BCUT2D eigenvalue weighted by Crippen LogP contribution is 2.18. The van der Waals surface area contributed by atoms with E-state index >= 15 is 0 Å². The molecule has 5 heteroatoms. The van der Waals surface area contributed by atoms with Crippen molar-refractivity contribution in [2.75, 3.05) is 19.6 Å². The van der Waals surface area contributed by atoms with Crippen LogP contribution in [0.2, 0.25) is 0 Å². The average molecular weight is 285 g/mol. The van der Waals surface area contributed by atoms with E-state index in [2.05, 4.69) is 57.6 Å². The van der Waals surface area contributed by atoms with Crippen LogP contribution in [0.15, 0.2) is 36.7 Å². The summed E-state index contributed by atoms with van der Waals surface area (Å²) in [5.74, 6) is 1.07. The number of rotatable bonds is 5. The van der Waals surface area contributed by atoms with Crippen LogP contribution in [0.25, 0.3) is 0 Å². The lowest BCUT2D eigenvalue weighted by atomic mass is 10.0. The summed E-state index contributed by atoms with van der Waals surface area (Å²) in [6.07, 6.45) is 2.76. The van der Waals surface area contributed by atoms with Gasteiger partial charge < -0.3 is 5.32 Å². The molecule has 1 unspecified atom stereocenters. The highest BCUT2D eigenvalue weighted by atomic mass is 15.4. The Morgan fingerprint density at radius 1 is 1.29 bits per heavy atom. The topological polar surface area (TPSA) is 46.0 Å². The average Bonchev–Trinajstić information content (AvgIpc) is 2.96. The third-order valence-corrected chi connectivity index (χ3v) is 3.96. The van der Waals surface area contributed by atoms with Gasteiger partial charge in [-0.25, -0.2) is 9.67 Å². The van der Waals surface area contributed by atoms with Gasteiger partial charge in [-0.2, -0.15) is 5.10 Å². The first-order valence-electron chi connectivity index (χ1n) is 7.74. The lowest BCUT2D eigenvalue weighted by Gasteiger charge is -2.33. The number of hydrogen-bond acceptors (Lipinski definition) is 4. The van der Waals surface area contributed by atoms with Crippen LogP contribution in [0.1, 0.15) is 30.8 Å². The molecule has 21 heavy (non-hydrogen) atoms. The molecule has 0 aliphatic carbocycles. The number of nitrogens with zero attached hydrogens (tertiary/aromatic N) is 4. The van der Waals surface area contributed by atoms with E-state index in [-0.39, 0.29) is 0 Å². The Morgan fingerprint density at radius 3 is 2.95 bits per heavy atom. The molecule has 1 saturated heterocycles. The molecule has 1 aromatic heterocycles. The quantitative estimate of drug-likeness (QED) is 0.910. The molecule has 0 amide bonds. The zero-order valence-electron chi connectivity index (χ0n) is 12.6. The van der Waals surface area contributed by atoms with Crippen molar-refractivity contribution < 1.29 is 0 Å². The Bertz CT molecular complexity index is 551.